The van der Waals surface area contributed by atoms with E-state index in [2.05, 4.69) is 5.32 Å². The summed E-state index contributed by atoms with van der Waals surface area (Å²) in [7, 11) is 1.53. The van der Waals surface area contributed by atoms with E-state index in [1.165, 1.54) is 19.2 Å². The highest BCUT2D eigenvalue weighted by Gasteiger charge is 2.30. The third-order valence-electron chi connectivity index (χ3n) is 3.56. The van der Waals surface area contributed by atoms with Crippen LogP contribution in [0.25, 0.3) is 11.6 Å². The average Bonchev–Trinajstić information content (AvgIpc) is 2.82. The van der Waals surface area contributed by atoms with Crippen LogP contribution < -0.4 is 10.1 Å². The van der Waals surface area contributed by atoms with Gasteiger partial charge in [-0.25, -0.2) is 0 Å². The molecular formula is C17H12F3NO2. The summed E-state index contributed by atoms with van der Waals surface area (Å²) in [6, 6.07) is 9.82. The van der Waals surface area contributed by atoms with Gasteiger partial charge in [-0.1, -0.05) is 12.1 Å². The van der Waals surface area contributed by atoms with Crippen LogP contribution in [-0.4, -0.2) is 13.0 Å². The molecule has 2 aromatic carbocycles. The number of anilines is 1. The first-order valence-corrected chi connectivity index (χ1v) is 6.77. The van der Waals surface area contributed by atoms with Gasteiger partial charge in [0.25, 0.3) is 5.91 Å². The van der Waals surface area contributed by atoms with Crippen molar-refractivity contribution in [2.45, 2.75) is 6.18 Å². The molecule has 0 spiro atoms. The van der Waals surface area contributed by atoms with Crippen molar-refractivity contribution in [3.63, 3.8) is 0 Å². The maximum atomic E-state index is 12.6. The molecule has 0 aromatic heterocycles. The second-order valence-electron chi connectivity index (χ2n) is 5.04. The van der Waals surface area contributed by atoms with Crippen molar-refractivity contribution in [3.8, 4) is 5.75 Å². The van der Waals surface area contributed by atoms with E-state index < -0.39 is 11.7 Å². The lowest BCUT2D eigenvalue weighted by Crippen LogP contribution is -2.04. The second kappa shape index (κ2) is 5.46. The first-order chi connectivity index (χ1) is 10.9. The van der Waals surface area contributed by atoms with Crippen molar-refractivity contribution >= 4 is 23.2 Å². The summed E-state index contributed by atoms with van der Waals surface area (Å²) in [4.78, 5) is 12.1. The number of alkyl halides is 3. The highest BCUT2D eigenvalue weighted by molar-refractivity contribution is 6.35. The number of carbonyl (C=O) groups excluding carboxylic acids is 1. The maximum absolute atomic E-state index is 12.6. The Balaban J connectivity index is 1.96. The highest BCUT2D eigenvalue weighted by Crippen LogP contribution is 2.36. The summed E-state index contributed by atoms with van der Waals surface area (Å²) in [6.07, 6.45) is -2.81. The number of ether oxygens (including phenoxy) is 1. The highest BCUT2D eigenvalue weighted by atomic mass is 19.4. The van der Waals surface area contributed by atoms with Gasteiger partial charge < -0.3 is 10.1 Å². The summed E-state index contributed by atoms with van der Waals surface area (Å²) >= 11 is 0. The van der Waals surface area contributed by atoms with Gasteiger partial charge in [-0.3, -0.25) is 4.79 Å². The molecule has 0 bridgehead atoms. The largest absolute Gasteiger partial charge is 0.497 e. The average molecular weight is 319 g/mol. The molecule has 118 valence electrons. The van der Waals surface area contributed by atoms with Crippen molar-refractivity contribution in [2.24, 2.45) is 0 Å². The van der Waals surface area contributed by atoms with E-state index in [4.69, 9.17) is 4.74 Å². The van der Waals surface area contributed by atoms with Gasteiger partial charge in [0.05, 0.1) is 18.4 Å². The molecule has 0 atom stereocenters. The molecule has 1 aliphatic rings. The van der Waals surface area contributed by atoms with E-state index in [-0.39, 0.29) is 5.91 Å². The SMILES string of the molecule is COc1ccc2c(c1)NC(=O)/C2=C/c1ccc(C(F)(F)F)cc1. The molecule has 3 rings (SSSR count). The minimum absolute atomic E-state index is 0.298. The number of rotatable bonds is 2. The zero-order valence-electron chi connectivity index (χ0n) is 12.1. The van der Waals surface area contributed by atoms with Crippen molar-refractivity contribution < 1.29 is 22.7 Å². The standard InChI is InChI=1S/C17H12F3NO2/c1-23-12-6-7-13-14(16(22)21-15(13)9-12)8-10-2-4-11(5-3-10)17(18,19)20/h2-9H,1H3,(H,21,22)/b14-8+. The van der Waals surface area contributed by atoms with Crippen LogP contribution in [0.1, 0.15) is 16.7 Å². The molecule has 2 aromatic rings. The molecule has 0 saturated heterocycles. The number of halogens is 3. The third-order valence-corrected chi connectivity index (χ3v) is 3.56. The van der Waals surface area contributed by atoms with Crippen molar-refractivity contribution in [1.82, 2.24) is 0 Å². The Morgan fingerprint density at radius 3 is 2.39 bits per heavy atom. The minimum Gasteiger partial charge on any atom is -0.497 e. The minimum atomic E-state index is -4.38. The van der Waals surface area contributed by atoms with Crippen LogP contribution in [0.3, 0.4) is 0 Å². The van der Waals surface area contributed by atoms with Gasteiger partial charge in [0.2, 0.25) is 0 Å². The number of hydrogen-bond donors (Lipinski definition) is 1. The lowest BCUT2D eigenvalue weighted by molar-refractivity contribution is -0.137. The molecule has 1 aliphatic heterocycles. The first kappa shape index (κ1) is 15.1. The van der Waals surface area contributed by atoms with Gasteiger partial charge in [0.1, 0.15) is 5.75 Å². The predicted octanol–water partition coefficient (Wildman–Crippen LogP) is 4.21. The smallest absolute Gasteiger partial charge is 0.416 e. The number of nitrogens with one attached hydrogen (secondary N) is 1. The molecule has 23 heavy (non-hydrogen) atoms. The van der Waals surface area contributed by atoms with Crippen LogP contribution in [0, 0.1) is 0 Å². The normalized spacial score (nSPS) is 15.5. The van der Waals surface area contributed by atoms with Crippen LogP contribution >= 0.6 is 0 Å². The van der Waals surface area contributed by atoms with Crippen molar-refractivity contribution in [2.75, 3.05) is 12.4 Å². The molecule has 0 radical (unpaired) electrons. The zero-order valence-corrected chi connectivity index (χ0v) is 12.1. The van der Waals surface area contributed by atoms with Crippen LogP contribution in [-0.2, 0) is 11.0 Å². The van der Waals surface area contributed by atoms with Gasteiger partial charge in [0.15, 0.2) is 0 Å². The number of methoxy groups -OCH3 is 1. The molecule has 1 amide bonds. The topological polar surface area (TPSA) is 38.3 Å². The van der Waals surface area contributed by atoms with E-state index in [0.717, 1.165) is 12.1 Å². The summed E-state index contributed by atoms with van der Waals surface area (Å²) in [5, 5.41) is 2.71. The molecule has 3 nitrogen and oxygen atoms in total. The summed E-state index contributed by atoms with van der Waals surface area (Å²) < 4.78 is 42.8. The van der Waals surface area contributed by atoms with Crippen LogP contribution in [0.2, 0.25) is 0 Å². The molecule has 1 N–H and O–H groups in total. The van der Waals surface area contributed by atoms with Crippen LogP contribution in [0.4, 0.5) is 18.9 Å². The Labute approximate surface area is 130 Å². The van der Waals surface area contributed by atoms with E-state index in [0.29, 0.717) is 28.1 Å². The second-order valence-corrected chi connectivity index (χ2v) is 5.04. The number of amides is 1. The van der Waals surface area contributed by atoms with E-state index in [9.17, 15) is 18.0 Å². The molecule has 0 unspecified atom stereocenters. The molecule has 0 fully saturated rings. The molecule has 0 aliphatic carbocycles. The Hall–Kier alpha value is -2.76. The zero-order chi connectivity index (χ0) is 16.6. The number of hydrogen-bond acceptors (Lipinski definition) is 2. The molecule has 6 heteroatoms. The van der Waals surface area contributed by atoms with Gasteiger partial charge in [-0.15, -0.1) is 0 Å². The predicted molar refractivity (Wildman–Crippen MR) is 80.9 cm³/mol. The Morgan fingerprint density at radius 2 is 1.78 bits per heavy atom. The molecular weight excluding hydrogens is 307 g/mol. The lowest BCUT2D eigenvalue weighted by atomic mass is 10.0. The monoisotopic (exact) mass is 319 g/mol. The fraction of sp³-hybridized carbons (Fsp3) is 0.118. The number of benzene rings is 2. The Kier molecular flexibility index (Phi) is 3.60. The van der Waals surface area contributed by atoms with Gasteiger partial charge in [-0.2, -0.15) is 13.2 Å². The van der Waals surface area contributed by atoms with Crippen LogP contribution in [0.15, 0.2) is 42.5 Å². The lowest BCUT2D eigenvalue weighted by Gasteiger charge is -2.06. The van der Waals surface area contributed by atoms with Gasteiger partial charge in [-0.05, 0) is 35.9 Å². The summed E-state index contributed by atoms with van der Waals surface area (Å²) in [5.41, 5.74) is 1.51. The summed E-state index contributed by atoms with van der Waals surface area (Å²) in [5.74, 6) is 0.313. The summed E-state index contributed by atoms with van der Waals surface area (Å²) in [6.45, 7) is 0. The molecule has 0 saturated carbocycles. The van der Waals surface area contributed by atoms with Gasteiger partial charge in [0, 0.05) is 17.2 Å². The van der Waals surface area contributed by atoms with E-state index in [1.807, 2.05) is 0 Å². The van der Waals surface area contributed by atoms with Crippen LogP contribution in [0.5, 0.6) is 5.75 Å². The van der Waals surface area contributed by atoms with Crippen molar-refractivity contribution in [3.05, 3.63) is 59.2 Å². The van der Waals surface area contributed by atoms with E-state index in [1.54, 1.807) is 24.3 Å². The van der Waals surface area contributed by atoms with Crippen molar-refractivity contribution in [1.29, 1.82) is 0 Å². The fourth-order valence-electron chi connectivity index (χ4n) is 2.38. The third kappa shape index (κ3) is 2.92. The first-order valence-electron chi connectivity index (χ1n) is 6.77. The quantitative estimate of drug-likeness (QED) is 0.842. The molecule has 1 heterocycles. The van der Waals surface area contributed by atoms with Gasteiger partial charge >= 0.3 is 6.18 Å². The van der Waals surface area contributed by atoms with E-state index >= 15 is 0 Å². The number of carbonyl (C=O) groups is 1. The fourth-order valence-corrected chi connectivity index (χ4v) is 2.38. The Bertz CT molecular complexity index is 792. The maximum Gasteiger partial charge on any atom is 0.416 e. The Morgan fingerprint density at radius 1 is 1.09 bits per heavy atom. The number of fused-ring (bicyclic) bond motifs is 1.